The van der Waals surface area contributed by atoms with Crippen molar-refractivity contribution in [3.63, 3.8) is 0 Å². The van der Waals surface area contributed by atoms with Gasteiger partial charge in [0, 0.05) is 19.1 Å². The van der Waals surface area contributed by atoms with Gasteiger partial charge in [-0.3, -0.25) is 0 Å². The van der Waals surface area contributed by atoms with E-state index in [0.29, 0.717) is 19.1 Å². The van der Waals surface area contributed by atoms with E-state index in [2.05, 4.69) is 24.3 Å². The Morgan fingerprint density at radius 2 is 2.00 bits per heavy atom. The van der Waals surface area contributed by atoms with Gasteiger partial charge in [0.2, 0.25) is 0 Å². The van der Waals surface area contributed by atoms with Crippen molar-refractivity contribution >= 4 is 0 Å². The van der Waals surface area contributed by atoms with E-state index in [4.69, 9.17) is 15.2 Å². The Morgan fingerprint density at radius 3 is 2.57 bits per heavy atom. The fourth-order valence-corrected chi connectivity index (χ4v) is 4.11. The maximum Gasteiger partial charge on any atom is 0.161 e. The predicted molar refractivity (Wildman–Crippen MR) is 90.1 cm³/mol. The van der Waals surface area contributed by atoms with Crippen molar-refractivity contribution in [3.05, 3.63) is 35.4 Å². The summed E-state index contributed by atoms with van der Waals surface area (Å²) < 4.78 is 11.0. The van der Waals surface area contributed by atoms with E-state index >= 15 is 0 Å². The molecule has 3 atom stereocenters. The molecule has 0 amide bonds. The number of ether oxygens (including phenoxy) is 2. The molecule has 0 radical (unpaired) electrons. The maximum absolute atomic E-state index is 10.5. The summed E-state index contributed by atoms with van der Waals surface area (Å²) in [5.41, 5.74) is 8.35. The van der Waals surface area contributed by atoms with Crippen molar-refractivity contribution in [3.8, 4) is 0 Å². The Bertz CT molecular complexity index is 490. The number of hydrogen-bond donors (Lipinski definition) is 2. The van der Waals surface area contributed by atoms with Gasteiger partial charge in [-0.05, 0) is 43.2 Å². The molecular formula is C19H29NO3. The Kier molecular flexibility index (Phi) is 5.37. The first-order chi connectivity index (χ1) is 11.1. The minimum atomic E-state index is -0.726. The molecule has 2 fully saturated rings. The van der Waals surface area contributed by atoms with E-state index < -0.39 is 6.29 Å². The van der Waals surface area contributed by atoms with Gasteiger partial charge >= 0.3 is 0 Å². The van der Waals surface area contributed by atoms with E-state index in [9.17, 15) is 5.11 Å². The quantitative estimate of drug-likeness (QED) is 0.791. The summed E-state index contributed by atoms with van der Waals surface area (Å²) in [6, 6.07) is 8.44. The molecule has 128 valence electrons. The predicted octanol–water partition coefficient (Wildman–Crippen LogP) is 2.89. The highest BCUT2D eigenvalue weighted by Gasteiger charge is 2.34. The summed E-state index contributed by atoms with van der Waals surface area (Å²) in [5.74, 6) is 0.559. The number of hydrogen-bond acceptors (Lipinski definition) is 4. The minimum Gasteiger partial charge on any atom is -0.379 e. The lowest BCUT2D eigenvalue weighted by Crippen LogP contribution is -2.37. The third kappa shape index (κ3) is 3.61. The van der Waals surface area contributed by atoms with E-state index in [1.54, 1.807) is 0 Å². The van der Waals surface area contributed by atoms with E-state index in [1.165, 1.54) is 25.7 Å². The van der Waals surface area contributed by atoms with Crippen LogP contribution in [0.1, 0.15) is 56.1 Å². The highest BCUT2D eigenvalue weighted by Crippen LogP contribution is 2.40. The molecule has 4 heteroatoms. The maximum atomic E-state index is 10.5. The first kappa shape index (κ1) is 16.9. The fraction of sp³-hybridized carbons (Fsp3) is 0.684. The second kappa shape index (κ2) is 7.31. The monoisotopic (exact) mass is 319 g/mol. The first-order valence-corrected chi connectivity index (χ1v) is 8.91. The Labute approximate surface area is 139 Å². The van der Waals surface area contributed by atoms with Gasteiger partial charge in [-0.2, -0.15) is 0 Å². The van der Waals surface area contributed by atoms with Gasteiger partial charge in [-0.25, -0.2) is 0 Å². The van der Waals surface area contributed by atoms with Gasteiger partial charge in [0.05, 0.1) is 12.1 Å². The Balaban J connectivity index is 1.81. The van der Waals surface area contributed by atoms with Crippen molar-refractivity contribution in [2.24, 2.45) is 11.7 Å². The number of aliphatic hydroxyl groups is 1. The summed E-state index contributed by atoms with van der Waals surface area (Å²) in [6.45, 7) is 3.77. The average molecular weight is 319 g/mol. The van der Waals surface area contributed by atoms with Crippen LogP contribution in [0.15, 0.2) is 24.3 Å². The van der Waals surface area contributed by atoms with Gasteiger partial charge < -0.3 is 20.3 Å². The van der Waals surface area contributed by atoms with Gasteiger partial charge in [0.15, 0.2) is 6.29 Å². The van der Waals surface area contributed by atoms with E-state index in [0.717, 1.165) is 24.2 Å². The lowest BCUT2D eigenvalue weighted by molar-refractivity contribution is -0.120. The topological polar surface area (TPSA) is 64.7 Å². The molecule has 2 aliphatic rings. The highest BCUT2D eigenvalue weighted by atomic mass is 16.6. The van der Waals surface area contributed by atoms with Crippen LogP contribution < -0.4 is 5.73 Å². The molecule has 1 heterocycles. The minimum absolute atomic E-state index is 0.0556. The number of rotatable bonds is 6. The average Bonchev–Trinajstić information content (AvgIpc) is 3.21. The van der Waals surface area contributed by atoms with Gasteiger partial charge in [-0.15, -0.1) is 0 Å². The lowest BCUT2D eigenvalue weighted by atomic mass is 9.82. The summed E-state index contributed by atoms with van der Waals surface area (Å²) in [5, 5.41) is 10.5. The van der Waals surface area contributed by atoms with Crippen LogP contribution in [0.25, 0.3) is 0 Å². The zero-order chi connectivity index (χ0) is 16.3. The van der Waals surface area contributed by atoms with Crippen molar-refractivity contribution in [2.75, 3.05) is 19.8 Å². The number of aliphatic hydroxyl groups excluding tert-OH is 1. The SMILES string of the molecule is CCOC(O)C(c1ccc(C2(N)CCOC2)cc1)C1CCCC1. The lowest BCUT2D eigenvalue weighted by Gasteiger charge is -2.29. The molecule has 1 aromatic carbocycles. The summed E-state index contributed by atoms with van der Waals surface area (Å²) in [7, 11) is 0. The fourth-order valence-electron chi connectivity index (χ4n) is 4.11. The third-order valence-corrected chi connectivity index (χ3v) is 5.47. The Hall–Kier alpha value is -0.940. The van der Waals surface area contributed by atoms with Crippen molar-refractivity contribution in [1.29, 1.82) is 0 Å². The van der Waals surface area contributed by atoms with Crippen molar-refractivity contribution < 1.29 is 14.6 Å². The normalized spacial score (nSPS) is 28.1. The van der Waals surface area contributed by atoms with Crippen LogP contribution in [0.5, 0.6) is 0 Å². The molecule has 0 spiro atoms. The molecule has 1 aliphatic heterocycles. The second-order valence-corrected chi connectivity index (χ2v) is 7.00. The van der Waals surface area contributed by atoms with Crippen LogP contribution in [0.3, 0.4) is 0 Å². The molecule has 3 N–H and O–H groups in total. The van der Waals surface area contributed by atoms with Crippen LogP contribution in [-0.4, -0.2) is 31.2 Å². The second-order valence-electron chi connectivity index (χ2n) is 7.00. The van der Waals surface area contributed by atoms with Crippen molar-refractivity contribution in [2.45, 2.75) is 56.8 Å². The van der Waals surface area contributed by atoms with Gasteiger partial charge in [0.1, 0.15) is 0 Å². The zero-order valence-electron chi connectivity index (χ0n) is 14.0. The summed E-state index contributed by atoms with van der Waals surface area (Å²) in [4.78, 5) is 0. The first-order valence-electron chi connectivity index (χ1n) is 8.91. The van der Waals surface area contributed by atoms with E-state index in [1.807, 2.05) is 6.92 Å². The van der Waals surface area contributed by atoms with Crippen LogP contribution >= 0.6 is 0 Å². The molecule has 1 saturated heterocycles. The third-order valence-electron chi connectivity index (χ3n) is 5.47. The molecule has 4 nitrogen and oxygen atoms in total. The largest absolute Gasteiger partial charge is 0.379 e. The van der Waals surface area contributed by atoms with Crippen LogP contribution in [0, 0.1) is 5.92 Å². The van der Waals surface area contributed by atoms with Crippen LogP contribution in [0.2, 0.25) is 0 Å². The standard InChI is InChI=1S/C19H29NO3/c1-2-23-18(21)17(14-5-3-4-6-14)15-7-9-16(10-8-15)19(20)11-12-22-13-19/h7-10,14,17-18,21H,2-6,11-13,20H2,1H3. The summed E-state index contributed by atoms with van der Waals surface area (Å²) in [6.07, 6.45) is 4.98. The summed E-state index contributed by atoms with van der Waals surface area (Å²) >= 11 is 0. The number of nitrogens with two attached hydrogens (primary N) is 1. The molecule has 1 aromatic rings. The molecule has 1 saturated carbocycles. The molecule has 0 bridgehead atoms. The molecule has 3 unspecified atom stereocenters. The molecule has 1 aliphatic carbocycles. The molecule has 0 aromatic heterocycles. The van der Waals surface area contributed by atoms with Gasteiger partial charge in [-0.1, -0.05) is 37.1 Å². The smallest absolute Gasteiger partial charge is 0.161 e. The molecule has 23 heavy (non-hydrogen) atoms. The van der Waals surface area contributed by atoms with Gasteiger partial charge in [0.25, 0.3) is 0 Å². The molecular weight excluding hydrogens is 290 g/mol. The van der Waals surface area contributed by atoms with Crippen molar-refractivity contribution in [1.82, 2.24) is 0 Å². The Morgan fingerprint density at radius 1 is 1.30 bits per heavy atom. The van der Waals surface area contributed by atoms with E-state index in [-0.39, 0.29) is 11.5 Å². The molecule has 3 rings (SSSR count). The van der Waals surface area contributed by atoms with Crippen LogP contribution in [-0.2, 0) is 15.0 Å². The zero-order valence-corrected chi connectivity index (χ0v) is 14.0. The number of benzene rings is 1. The van der Waals surface area contributed by atoms with Crippen LogP contribution in [0.4, 0.5) is 0 Å². The highest BCUT2D eigenvalue weighted by molar-refractivity contribution is 5.31.